The maximum Gasteiger partial charge on any atom is 0.333 e. The molecule has 1 fully saturated rings. The molecule has 1 aromatic carbocycles. The number of thiazole rings is 1. The molecule has 1 aliphatic heterocycles. The van der Waals surface area contributed by atoms with Gasteiger partial charge in [0.15, 0.2) is 0 Å². The molecule has 1 atom stereocenters. The molecule has 2 aromatic rings. The highest BCUT2D eigenvalue weighted by Gasteiger charge is 2.17. The first-order valence-corrected chi connectivity index (χ1v) is 11.5. The molecule has 1 aromatic heterocycles. The highest BCUT2D eigenvalue weighted by Crippen LogP contribution is 2.22. The highest BCUT2D eigenvalue weighted by molar-refractivity contribution is 7.07. The minimum Gasteiger partial charge on any atom is -0.497 e. The highest BCUT2D eigenvalue weighted by atomic mass is 32.1. The van der Waals surface area contributed by atoms with Crippen LogP contribution in [0.5, 0.6) is 11.5 Å². The monoisotopic (exact) mass is 476 g/mol. The molecule has 0 spiro atoms. The van der Waals surface area contributed by atoms with Gasteiger partial charge in [-0.25, -0.2) is 4.79 Å². The molecule has 0 saturated carbocycles. The van der Waals surface area contributed by atoms with Crippen molar-refractivity contribution in [3.63, 3.8) is 0 Å². The van der Waals surface area contributed by atoms with Crippen LogP contribution in [0.25, 0.3) is 12.2 Å². The molecule has 1 N–H and O–H groups in total. The minimum atomic E-state index is -0.582. The van der Waals surface area contributed by atoms with Gasteiger partial charge in [-0.3, -0.25) is 14.2 Å². The Morgan fingerprint density at radius 1 is 1.24 bits per heavy atom. The van der Waals surface area contributed by atoms with Crippen molar-refractivity contribution in [2.75, 3.05) is 34.0 Å². The minimum absolute atomic E-state index is 0.00866. The van der Waals surface area contributed by atoms with Gasteiger partial charge in [-0.1, -0.05) is 0 Å². The van der Waals surface area contributed by atoms with Crippen molar-refractivity contribution in [2.45, 2.75) is 32.4 Å². The van der Waals surface area contributed by atoms with E-state index in [1.807, 2.05) is 0 Å². The van der Waals surface area contributed by atoms with Crippen LogP contribution in [0, 0.1) is 0 Å². The number of amides is 1. The van der Waals surface area contributed by atoms with E-state index in [2.05, 4.69) is 5.32 Å². The zero-order valence-electron chi connectivity index (χ0n) is 18.9. The maximum absolute atomic E-state index is 13.1. The van der Waals surface area contributed by atoms with Crippen LogP contribution in [0.15, 0.2) is 23.0 Å². The predicted octanol–water partition coefficient (Wildman–Crippen LogP) is 0.395. The molecule has 3 rings (SSSR count). The molecule has 2 heterocycles. The maximum atomic E-state index is 13.1. The lowest BCUT2D eigenvalue weighted by Gasteiger charge is -2.10. The molecule has 33 heavy (non-hydrogen) atoms. The van der Waals surface area contributed by atoms with Crippen LogP contribution in [0.3, 0.4) is 0 Å². The first-order chi connectivity index (χ1) is 15.9. The van der Waals surface area contributed by atoms with Gasteiger partial charge in [-0.2, -0.15) is 0 Å². The first-order valence-electron chi connectivity index (χ1n) is 10.6. The lowest BCUT2D eigenvalue weighted by molar-refractivity contribution is -0.135. The number of nitrogens with one attached hydrogen (secondary N) is 1. The fourth-order valence-corrected chi connectivity index (χ4v) is 4.40. The molecule has 10 heteroatoms. The molecule has 1 aliphatic rings. The predicted molar refractivity (Wildman–Crippen MR) is 124 cm³/mol. The van der Waals surface area contributed by atoms with E-state index in [1.165, 1.54) is 24.9 Å². The molecule has 0 bridgehead atoms. The lowest BCUT2D eigenvalue weighted by atomic mass is 10.2. The number of carbonyl (C=O) groups is 2. The van der Waals surface area contributed by atoms with Crippen molar-refractivity contribution >= 4 is 35.4 Å². The summed E-state index contributed by atoms with van der Waals surface area (Å²) in [5.74, 6) is 0.231. The fourth-order valence-electron chi connectivity index (χ4n) is 3.37. The Kier molecular flexibility index (Phi) is 8.67. The number of rotatable bonds is 9. The van der Waals surface area contributed by atoms with Gasteiger partial charge in [0.1, 0.15) is 22.7 Å². The Bertz CT molecular complexity index is 1140. The van der Waals surface area contributed by atoms with Gasteiger partial charge in [0, 0.05) is 19.2 Å². The van der Waals surface area contributed by atoms with Crippen molar-refractivity contribution in [3.8, 4) is 11.5 Å². The van der Waals surface area contributed by atoms with Gasteiger partial charge in [0.05, 0.1) is 37.5 Å². The zero-order chi connectivity index (χ0) is 23.8. The van der Waals surface area contributed by atoms with E-state index in [-0.39, 0.29) is 30.7 Å². The molecule has 0 aliphatic carbocycles. The summed E-state index contributed by atoms with van der Waals surface area (Å²) in [7, 11) is 3.08. The number of nitrogens with zero attached hydrogens (tertiary/aromatic N) is 1. The van der Waals surface area contributed by atoms with Crippen LogP contribution in [0.4, 0.5) is 0 Å². The normalized spacial score (nSPS) is 16.6. The van der Waals surface area contributed by atoms with Crippen molar-refractivity contribution in [2.24, 2.45) is 0 Å². The van der Waals surface area contributed by atoms with E-state index in [0.717, 1.165) is 24.2 Å². The second kappa shape index (κ2) is 11.7. The van der Waals surface area contributed by atoms with E-state index in [4.69, 9.17) is 18.9 Å². The van der Waals surface area contributed by atoms with Crippen molar-refractivity contribution in [1.82, 2.24) is 9.88 Å². The van der Waals surface area contributed by atoms with E-state index in [0.29, 0.717) is 39.4 Å². The lowest BCUT2D eigenvalue weighted by Crippen LogP contribution is -2.40. The van der Waals surface area contributed by atoms with E-state index < -0.39 is 5.97 Å². The number of ether oxygens (including phenoxy) is 4. The Hall–Kier alpha value is -3.11. The SMILES string of the molecule is CCOC(=O)/C=c1\s/c(=C\c2cc(OC)cc(OC)c2)c(=O)n1CC(=O)NCC1CCCO1. The number of methoxy groups -OCH3 is 2. The van der Waals surface area contributed by atoms with Gasteiger partial charge >= 0.3 is 5.97 Å². The second-order valence-corrected chi connectivity index (χ2v) is 8.38. The third kappa shape index (κ3) is 6.69. The number of benzene rings is 1. The summed E-state index contributed by atoms with van der Waals surface area (Å²) in [5.41, 5.74) is 0.298. The molecule has 0 radical (unpaired) electrons. The Balaban J connectivity index is 1.96. The summed E-state index contributed by atoms with van der Waals surface area (Å²) in [6.45, 7) is 2.76. The first kappa shape index (κ1) is 24.5. The van der Waals surface area contributed by atoms with Gasteiger partial charge in [0.2, 0.25) is 5.91 Å². The third-order valence-corrected chi connectivity index (χ3v) is 6.05. The van der Waals surface area contributed by atoms with Crippen LogP contribution in [-0.2, 0) is 25.6 Å². The summed E-state index contributed by atoms with van der Waals surface area (Å²) in [4.78, 5) is 37.7. The largest absolute Gasteiger partial charge is 0.497 e. The molecule has 1 unspecified atom stereocenters. The fraction of sp³-hybridized carbons (Fsp3) is 0.435. The Labute approximate surface area is 195 Å². The number of hydrogen-bond acceptors (Lipinski definition) is 8. The number of carbonyl (C=O) groups excluding carboxylic acids is 2. The summed E-state index contributed by atoms with van der Waals surface area (Å²) in [6, 6.07) is 5.24. The standard InChI is InChI=1S/C23H28N2O7S/c1-4-31-22(27)12-21-25(14-20(26)24-13-16-6-5-7-32-16)23(28)19(33-21)10-15-8-17(29-2)11-18(9-15)30-3/h8-12,16H,4-7,13-14H2,1-3H3,(H,24,26)/b19-10-,21-12-. The van der Waals surface area contributed by atoms with Gasteiger partial charge in [-0.05, 0) is 43.5 Å². The van der Waals surface area contributed by atoms with Crippen LogP contribution >= 0.6 is 11.3 Å². The van der Waals surface area contributed by atoms with E-state index >= 15 is 0 Å². The second-order valence-electron chi connectivity index (χ2n) is 7.32. The Morgan fingerprint density at radius 2 is 1.97 bits per heavy atom. The number of esters is 1. The molecular weight excluding hydrogens is 448 g/mol. The summed E-state index contributed by atoms with van der Waals surface area (Å²) in [6.07, 6.45) is 4.75. The van der Waals surface area contributed by atoms with Gasteiger partial charge in [-0.15, -0.1) is 11.3 Å². The molecule has 1 saturated heterocycles. The molecule has 178 valence electrons. The summed E-state index contributed by atoms with van der Waals surface area (Å²) < 4.78 is 23.0. The Morgan fingerprint density at radius 3 is 2.58 bits per heavy atom. The van der Waals surface area contributed by atoms with Gasteiger partial charge < -0.3 is 24.3 Å². The molecule has 1 amide bonds. The quantitative estimate of drug-likeness (QED) is 0.522. The summed E-state index contributed by atoms with van der Waals surface area (Å²) >= 11 is 1.10. The number of aromatic nitrogens is 1. The smallest absolute Gasteiger partial charge is 0.333 e. The summed E-state index contributed by atoms with van der Waals surface area (Å²) in [5, 5.41) is 2.80. The van der Waals surface area contributed by atoms with E-state index in [9.17, 15) is 14.4 Å². The zero-order valence-corrected chi connectivity index (χ0v) is 19.7. The van der Waals surface area contributed by atoms with Crippen LogP contribution < -0.4 is 29.5 Å². The average molecular weight is 477 g/mol. The number of hydrogen-bond donors (Lipinski definition) is 1. The van der Waals surface area contributed by atoms with Crippen molar-refractivity contribution < 1.29 is 28.5 Å². The van der Waals surface area contributed by atoms with Gasteiger partial charge in [0.25, 0.3) is 5.56 Å². The van der Waals surface area contributed by atoms with Crippen LogP contribution in [-0.4, -0.2) is 56.5 Å². The van der Waals surface area contributed by atoms with E-state index in [1.54, 1.807) is 31.2 Å². The third-order valence-electron chi connectivity index (χ3n) is 4.99. The molecule has 9 nitrogen and oxygen atoms in total. The molecular formula is C23H28N2O7S. The van der Waals surface area contributed by atoms with Crippen LogP contribution in [0.1, 0.15) is 25.3 Å². The van der Waals surface area contributed by atoms with Crippen molar-refractivity contribution in [1.29, 1.82) is 0 Å². The van der Waals surface area contributed by atoms with Crippen molar-refractivity contribution in [3.05, 3.63) is 43.3 Å². The van der Waals surface area contributed by atoms with Crippen LogP contribution in [0.2, 0.25) is 0 Å². The topological polar surface area (TPSA) is 105 Å². The average Bonchev–Trinajstić information content (AvgIpc) is 3.42.